The van der Waals surface area contributed by atoms with Gasteiger partial charge in [0.1, 0.15) is 0 Å². The van der Waals surface area contributed by atoms with E-state index >= 15 is 0 Å². The molecule has 2 nitrogen and oxygen atoms in total. The molecule has 0 radical (unpaired) electrons. The average Bonchev–Trinajstić information content (AvgIpc) is 2.70. The minimum absolute atomic E-state index is 0.129. The van der Waals surface area contributed by atoms with Crippen molar-refractivity contribution in [1.29, 1.82) is 0 Å². The fourth-order valence-electron chi connectivity index (χ4n) is 2.04. The minimum atomic E-state index is 0.129. The van der Waals surface area contributed by atoms with Crippen molar-refractivity contribution < 1.29 is 0 Å². The third-order valence-electron chi connectivity index (χ3n) is 2.97. The van der Waals surface area contributed by atoms with Gasteiger partial charge in [-0.25, -0.2) is 0 Å². The smallest absolute Gasteiger partial charge is 0.0834 e. The molecule has 0 aliphatic rings. The number of terminal acetylenes is 1. The summed E-state index contributed by atoms with van der Waals surface area (Å²) < 4.78 is 2.11. The summed E-state index contributed by atoms with van der Waals surface area (Å²) in [7, 11) is 0. The van der Waals surface area contributed by atoms with Crippen LogP contribution in [0.4, 0.5) is 0 Å². The molecule has 0 saturated carbocycles. The maximum Gasteiger partial charge on any atom is 0.0834 e. The normalized spacial score (nSPS) is 11.7. The number of nitrogens with one attached hydrogen (secondary N) is 1. The minimum Gasteiger partial charge on any atom is -0.336 e. The maximum absolute atomic E-state index is 5.38. The summed E-state index contributed by atoms with van der Waals surface area (Å²) in [6.07, 6.45) is 7.44. The van der Waals surface area contributed by atoms with Crippen LogP contribution in [-0.2, 0) is 13.1 Å². The van der Waals surface area contributed by atoms with Crippen molar-refractivity contribution in [2.75, 3.05) is 0 Å². The van der Waals surface area contributed by atoms with Crippen molar-refractivity contribution in [2.24, 2.45) is 0 Å². The summed E-state index contributed by atoms with van der Waals surface area (Å²) in [5.74, 6) is 2.69. The molecule has 0 bridgehead atoms. The van der Waals surface area contributed by atoms with Gasteiger partial charge in [0, 0.05) is 29.2 Å². The third-order valence-corrected chi connectivity index (χ3v) is 2.97. The summed E-state index contributed by atoms with van der Waals surface area (Å²) >= 11 is 0. The van der Waals surface area contributed by atoms with Crippen LogP contribution in [0.15, 0.2) is 30.5 Å². The molecule has 94 valence electrons. The van der Waals surface area contributed by atoms with E-state index in [1.165, 1.54) is 16.5 Å². The standard InChI is InChI=1S/C16H20N2/c1-5-10-18-11-9-14-13(7-6-8-15(14)18)12-17-16(2,3)4/h1,6-9,11,17H,10,12H2,2-4H3. The third kappa shape index (κ3) is 2.75. The fraction of sp³-hybridized carbons (Fsp3) is 0.375. The van der Waals surface area contributed by atoms with Gasteiger partial charge < -0.3 is 9.88 Å². The molecule has 0 unspecified atom stereocenters. The topological polar surface area (TPSA) is 17.0 Å². The Morgan fingerprint density at radius 2 is 2.06 bits per heavy atom. The second kappa shape index (κ2) is 4.88. The van der Waals surface area contributed by atoms with Gasteiger partial charge in [0.15, 0.2) is 0 Å². The predicted octanol–water partition coefficient (Wildman–Crippen LogP) is 3.16. The van der Waals surface area contributed by atoms with Crippen molar-refractivity contribution in [3.8, 4) is 12.3 Å². The molecule has 1 heterocycles. The molecule has 18 heavy (non-hydrogen) atoms. The molecule has 1 N–H and O–H groups in total. The van der Waals surface area contributed by atoms with Gasteiger partial charge in [-0.3, -0.25) is 0 Å². The molecule has 0 aliphatic carbocycles. The second-order valence-electron chi connectivity index (χ2n) is 5.60. The monoisotopic (exact) mass is 240 g/mol. The number of rotatable bonds is 3. The van der Waals surface area contributed by atoms with E-state index in [0.717, 1.165) is 6.54 Å². The summed E-state index contributed by atoms with van der Waals surface area (Å²) in [4.78, 5) is 0. The van der Waals surface area contributed by atoms with Gasteiger partial charge in [-0.2, -0.15) is 0 Å². The fourth-order valence-corrected chi connectivity index (χ4v) is 2.04. The number of hydrogen-bond donors (Lipinski definition) is 1. The lowest BCUT2D eigenvalue weighted by atomic mass is 10.1. The quantitative estimate of drug-likeness (QED) is 0.815. The van der Waals surface area contributed by atoms with Gasteiger partial charge in [0.25, 0.3) is 0 Å². The zero-order chi connectivity index (χ0) is 13.2. The number of aromatic nitrogens is 1. The van der Waals surface area contributed by atoms with Crippen LogP contribution in [0.5, 0.6) is 0 Å². The van der Waals surface area contributed by atoms with Crippen molar-refractivity contribution in [1.82, 2.24) is 9.88 Å². The van der Waals surface area contributed by atoms with E-state index < -0.39 is 0 Å². The first kappa shape index (κ1) is 12.7. The number of hydrogen-bond acceptors (Lipinski definition) is 1. The number of benzene rings is 1. The summed E-state index contributed by atoms with van der Waals surface area (Å²) in [6.45, 7) is 8.03. The molecular weight excluding hydrogens is 220 g/mol. The molecule has 0 spiro atoms. The SMILES string of the molecule is C#CCn1ccc2c(CNC(C)(C)C)cccc21. The van der Waals surface area contributed by atoms with Gasteiger partial charge in [0.2, 0.25) is 0 Å². The molecule has 0 fully saturated rings. The summed E-state index contributed by atoms with van der Waals surface area (Å²) in [6, 6.07) is 8.52. The van der Waals surface area contributed by atoms with E-state index in [4.69, 9.17) is 6.42 Å². The van der Waals surface area contributed by atoms with Crippen LogP contribution in [0.1, 0.15) is 26.3 Å². The molecule has 2 aromatic rings. The molecular formula is C16H20N2. The first-order chi connectivity index (χ1) is 8.51. The predicted molar refractivity (Wildman–Crippen MR) is 77.4 cm³/mol. The van der Waals surface area contributed by atoms with Crippen molar-refractivity contribution >= 4 is 10.9 Å². The first-order valence-electron chi connectivity index (χ1n) is 6.26. The van der Waals surface area contributed by atoms with Crippen molar-refractivity contribution in [2.45, 2.75) is 39.4 Å². The van der Waals surface area contributed by atoms with E-state index in [1.807, 2.05) is 0 Å². The lowest BCUT2D eigenvalue weighted by molar-refractivity contribution is 0.425. The molecule has 2 heteroatoms. The van der Waals surface area contributed by atoms with E-state index in [0.29, 0.717) is 6.54 Å². The van der Waals surface area contributed by atoms with E-state index in [9.17, 15) is 0 Å². The van der Waals surface area contributed by atoms with Gasteiger partial charge in [-0.1, -0.05) is 18.1 Å². The lowest BCUT2D eigenvalue weighted by Gasteiger charge is -2.20. The number of fused-ring (bicyclic) bond motifs is 1. The highest BCUT2D eigenvalue weighted by atomic mass is 15.0. The Balaban J connectivity index is 2.32. The van der Waals surface area contributed by atoms with Crippen LogP contribution in [0, 0.1) is 12.3 Å². The van der Waals surface area contributed by atoms with Crippen LogP contribution in [0.25, 0.3) is 10.9 Å². The molecule has 1 aromatic heterocycles. The molecule has 2 rings (SSSR count). The van der Waals surface area contributed by atoms with Crippen LogP contribution in [0.2, 0.25) is 0 Å². The first-order valence-corrected chi connectivity index (χ1v) is 6.26. The van der Waals surface area contributed by atoms with Gasteiger partial charge in [-0.05, 0) is 38.5 Å². The van der Waals surface area contributed by atoms with Gasteiger partial charge in [0.05, 0.1) is 6.54 Å². The largest absolute Gasteiger partial charge is 0.336 e. The summed E-state index contributed by atoms with van der Waals surface area (Å²) in [5, 5.41) is 4.80. The zero-order valence-electron chi connectivity index (χ0n) is 11.3. The van der Waals surface area contributed by atoms with E-state index in [2.05, 4.69) is 67.0 Å². The Kier molecular flexibility index (Phi) is 3.45. The molecule has 0 aliphatic heterocycles. The van der Waals surface area contributed by atoms with Crippen molar-refractivity contribution in [3.63, 3.8) is 0 Å². The maximum atomic E-state index is 5.38. The zero-order valence-corrected chi connectivity index (χ0v) is 11.3. The van der Waals surface area contributed by atoms with Crippen LogP contribution in [-0.4, -0.2) is 10.1 Å². The Bertz CT molecular complexity index is 579. The highest BCUT2D eigenvalue weighted by molar-refractivity contribution is 5.83. The Morgan fingerprint density at radius 3 is 2.72 bits per heavy atom. The molecule has 0 saturated heterocycles. The van der Waals surface area contributed by atoms with Gasteiger partial charge >= 0.3 is 0 Å². The van der Waals surface area contributed by atoms with Crippen LogP contribution >= 0.6 is 0 Å². The lowest BCUT2D eigenvalue weighted by Crippen LogP contribution is -2.35. The number of nitrogens with zero attached hydrogens (tertiary/aromatic N) is 1. The highest BCUT2D eigenvalue weighted by Crippen LogP contribution is 2.20. The van der Waals surface area contributed by atoms with Crippen LogP contribution in [0.3, 0.4) is 0 Å². The Labute approximate surface area is 109 Å². The summed E-state index contributed by atoms with van der Waals surface area (Å²) in [5.41, 5.74) is 2.66. The second-order valence-corrected chi connectivity index (χ2v) is 5.60. The molecule has 0 amide bonds. The van der Waals surface area contributed by atoms with Crippen LogP contribution < -0.4 is 5.32 Å². The van der Waals surface area contributed by atoms with E-state index in [-0.39, 0.29) is 5.54 Å². The Hall–Kier alpha value is -1.72. The van der Waals surface area contributed by atoms with Crippen molar-refractivity contribution in [3.05, 3.63) is 36.0 Å². The molecule has 1 aromatic carbocycles. The van der Waals surface area contributed by atoms with E-state index in [1.54, 1.807) is 0 Å². The van der Waals surface area contributed by atoms with Gasteiger partial charge in [-0.15, -0.1) is 6.42 Å². The average molecular weight is 240 g/mol. The highest BCUT2D eigenvalue weighted by Gasteiger charge is 2.10. The molecule has 0 atom stereocenters. The Morgan fingerprint density at radius 1 is 1.28 bits per heavy atom.